The summed E-state index contributed by atoms with van der Waals surface area (Å²) in [5.74, 6) is 0. The molecule has 112 valence electrons. The first-order valence-corrected chi connectivity index (χ1v) is 10.0. The van der Waals surface area contributed by atoms with Gasteiger partial charge in [-0.25, -0.2) is 0 Å². The molecule has 0 amide bonds. The van der Waals surface area contributed by atoms with Crippen LogP contribution in [0.15, 0.2) is 4.99 Å². The Kier molecular flexibility index (Phi) is 5.41. The van der Waals surface area contributed by atoms with E-state index in [4.69, 9.17) is 4.43 Å². The third-order valence-corrected chi connectivity index (χ3v) is 11.0. The Labute approximate surface area is 121 Å². The molecule has 19 heavy (non-hydrogen) atoms. The summed E-state index contributed by atoms with van der Waals surface area (Å²) in [6.07, 6.45) is 2.31. The van der Waals surface area contributed by atoms with Gasteiger partial charge < -0.3 is 4.43 Å². The van der Waals surface area contributed by atoms with Gasteiger partial charge in [0.1, 0.15) is 0 Å². The van der Waals surface area contributed by atoms with Crippen molar-refractivity contribution in [1.29, 1.82) is 0 Å². The Bertz CT molecular complexity index is 310. The average Bonchev–Trinajstić information content (AvgIpc) is 2.78. The van der Waals surface area contributed by atoms with Crippen LogP contribution in [0.3, 0.4) is 0 Å². The van der Waals surface area contributed by atoms with E-state index in [1.165, 1.54) is 12.1 Å². The normalized spacial score (nSPS) is 17.7. The molecule has 0 unspecified atom stereocenters. The van der Waals surface area contributed by atoms with E-state index in [1.54, 1.807) is 0 Å². The highest BCUT2D eigenvalue weighted by atomic mass is 28.4. The SMILES string of the molecule is CC(C)[Si](OC(C)(C)C1=NCCC1)(C(C)C)C(C)C. The van der Waals surface area contributed by atoms with Crippen molar-refractivity contribution in [2.45, 2.75) is 90.5 Å². The number of hydrogen-bond donors (Lipinski definition) is 0. The second-order valence-electron chi connectivity index (χ2n) is 7.36. The van der Waals surface area contributed by atoms with Crippen molar-refractivity contribution in [2.24, 2.45) is 4.99 Å². The highest BCUT2D eigenvalue weighted by Gasteiger charge is 2.49. The van der Waals surface area contributed by atoms with Crippen LogP contribution in [0.25, 0.3) is 0 Å². The second kappa shape index (κ2) is 6.09. The first kappa shape index (κ1) is 16.9. The van der Waals surface area contributed by atoms with Gasteiger partial charge in [0.05, 0.1) is 5.60 Å². The smallest absolute Gasteiger partial charge is 0.201 e. The maximum Gasteiger partial charge on any atom is 0.201 e. The quantitative estimate of drug-likeness (QED) is 0.615. The average molecular weight is 284 g/mol. The van der Waals surface area contributed by atoms with Crippen LogP contribution in [0.5, 0.6) is 0 Å². The van der Waals surface area contributed by atoms with Crippen molar-refractivity contribution in [3.8, 4) is 0 Å². The van der Waals surface area contributed by atoms with E-state index in [2.05, 4.69) is 60.4 Å². The summed E-state index contributed by atoms with van der Waals surface area (Å²) in [7, 11) is -1.81. The van der Waals surface area contributed by atoms with Crippen LogP contribution in [-0.2, 0) is 4.43 Å². The number of nitrogens with zero attached hydrogens (tertiary/aromatic N) is 1. The van der Waals surface area contributed by atoms with Gasteiger partial charge in [-0.05, 0) is 43.3 Å². The Morgan fingerprint density at radius 3 is 1.79 bits per heavy atom. The van der Waals surface area contributed by atoms with Gasteiger partial charge in [-0.1, -0.05) is 41.5 Å². The predicted octanol–water partition coefficient (Wildman–Crippen LogP) is 5.19. The molecule has 2 nitrogen and oxygen atoms in total. The molecular weight excluding hydrogens is 250 g/mol. The molecule has 0 radical (unpaired) electrons. The summed E-state index contributed by atoms with van der Waals surface area (Å²) in [6.45, 7) is 19.5. The summed E-state index contributed by atoms with van der Waals surface area (Å²) >= 11 is 0. The van der Waals surface area contributed by atoms with Crippen molar-refractivity contribution in [3.63, 3.8) is 0 Å². The van der Waals surface area contributed by atoms with Crippen LogP contribution < -0.4 is 0 Å². The monoisotopic (exact) mass is 283 g/mol. The van der Waals surface area contributed by atoms with Crippen LogP contribution in [0, 0.1) is 0 Å². The minimum atomic E-state index is -1.81. The first-order valence-electron chi connectivity index (χ1n) is 7.88. The Balaban J connectivity index is 3.06. The van der Waals surface area contributed by atoms with Gasteiger partial charge in [0.2, 0.25) is 8.32 Å². The molecular formula is C16H33NOSi. The van der Waals surface area contributed by atoms with Crippen molar-refractivity contribution < 1.29 is 4.43 Å². The van der Waals surface area contributed by atoms with Crippen molar-refractivity contribution >= 4 is 14.0 Å². The fourth-order valence-electron chi connectivity index (χ4n) is 3.89. The van der Waals surface area contributed by atoms with E-state index in [0.717, 1.165) is 13.0 Å². The molecule has 0 aromatic carbocycles. The number of aliphatic imine (C=N–C) groups is 1. The summed E-state index contributed by atoms with van der Waals surface area (Å²) in [5, 5.41) is 0. The minimum Gasteiger partial charge on any atom is -0.406 e. The zero-order valence-corrected chi connectivity index (χ0v) is 15.2. The molecule has 0 saturated carbocycles. The van der Waals surface area contributed by atoms with Gasteiger partial charge in [-0.2, -0.15) is 0 Å². The maximum atomic E-state index is 6.90. The minimum absolute atomic E-state index is 0.179. The zero-order valence-electron chi connectivity index (χ0n) is 14.2. The van der Waals surface area contributed by atoms with Gasteiger partial charge in [-0.3, -0.25) is 4.99 Å². The van der Waals surface area contributed by atoms with E-state index < -0.39 is 8.32 Å². The standard InChI is InChI=1S/C16H33NOSi/c1-12(2)19(13(3)4,14(5)6)18-16(7,8)15-10-9-11-17-15/h12-14H,9-11H2,1-8H3. The van der Waals surface area contributed by atoms with Crippen molar-refractivity contribution in [3.05, 3.63) is 0 Å². The van der Waals surface area contributed by atoms with Crippen molar-refractivity contribution in [1.82, 2.24) is 0 Å². The Hall–Kier alpha value is -0.153. The van der Waals surface area contributed by atoms with Gasteiger partial charge in [0.15, 0.2) is 0 Å². The molecule has 0 bridgehead atoms. The highest BCUT2D eigenvalue weighted by molar-refractivity contribution is 6.77. The lowest BCUT2D eigenvalue weighted by atomic mass is 10.0. The summed E-state index contributed by atoms with van der Waals surface area (Å²) in [4.78, 5) is 4.68. The summed E-state index contributed by atoms with van der Waals surface area (Å²) in [6, 6.07) is 0. The molecule has 0 N–H and O–H groups in total. The van der Waals surface area contributed by atoms with E-state index >= 15 is 0 Å². The molecule has 0 fully saturated rings. The molecule has 0 aromatic rings. The lowest BCUT2D eigenvalue weighted by Crippen LogP contribution is -2.55. The number of hydrogen-bond acceptors (Lipinski definition) is 2. The molecule has 1 rings (SSSR count). The summed E-state index contributed by atoms with van der Waals surface area (Å²) in [5.41, 5.74) is 3.00. The highest BCUT2D eigenvalue weighted by Crippen LogP contribution is 2.45. The number of rotatable bonds is 6. The van der Waals surface area contributed by atoms with Crippen LogP contribution in [-0.4, -0.2) is 26.2 Å². The molecule has 0 aromatic heterocycles. The molecule has 1 heterocycles. The molecule has 1 aliphatic rings. The predicted molar refractivity (Wildman–Crippen MR) is 87.7 cm³/mol. The van der Waals surface area contributed by atoms with E-state index in [1.807, 2.05) is 0 Å². The van der Waals surface area contributed by atoms with E-state index in [-0.39, 0.29) is 5.60 Å². The van der Waals surface area contributed by atoms with Gasteiger partial charge >= 0.3 is 0 Å². The van der Waals surface area contributed by atoms with Crippen LogP contribution >= 0.6 is 0 Å². The fourth-order valence-corrected chi connectivity index (χ4v) is 9.59. The second-order valence-corrected chi connectivity index (χ2v) is 12.7. The van der Waals surface area contributed by atoms with Gasteiger partial charge in [-0.15, -0.1) is 0 Å². The topological polar surface area (TPSA) is 21.6 Å². The van der Waals surface area contributed by atoms with Crippen molar-refractivity contribution in [2.75, 3.05) is 6.54 Å². The Morgan fingerprint density at radius 2 is 1.47 bits per heavy atom. The lowest BCUT2D eigenvalue weighted by molar-refractivity contribution is 0.152. The van der Waals surface area contributed by atoms with Crippen LogP contribution in [0.2, 0.25) is 16.6 Å². The van der Waals surface area contributed by atoms with Crippen LogP contribution in [0.4, 0.5) is 0 Å². The molecule has 0 atom stereocenters. The third kappa shape index (κ3) is 3.30. The van der Waals surface area contributed by atoms with Gasteiger partial charge in [0, 0.05) is 12.3 Å². The van der Waals surface area contributed by atoms with Gasteiger partial charge in [0.25, 0.3) is 0 Å². The summed E-state index contributed by atoms with van der Waals surface area (Å²) < 4.78 is 6.90. The molecule has 3 heteroatoms. The maximum absolute atomic E-state index is 6.90. The van der Waals surface area contributed by atoms with Crippen LogP contribution in [0.1, 0.15) is 68.2 Å². The zero-order chi connectivity index (χ0) is 14.8. The Morgan fingerprint density at radius 1 is 1.00 bits per heavy atom. The molecule has 0 aliphatic carbocycles. The molecule has 0 saturated heterocycles. The lowest BCUT2D eigenvalue weighted by Gasteiger charge is -2.47. The van der Waals surface area contributed by atoms with E-state index in [0.29, 0.717) is 16.6 Å². The first-order chi connectivity index (χ1) is 8.64. The largest absolute Gasteiger partial charge is 0.406 e. The molecule has 0 spiro atoms. The third-order valence-electron chi connectivity index (χ3n) is 4.71. The molecule has 1 aliphatic heterocycles. The fraction of sp³-hybridized carbons (Fsp3) is 0.938. The van der Waals surface area contributed by atoms with E-state index in [9.17, 15) is 0 Å².